The van der Waals surface area contributed by atoms with E-state index in [0.717, 1.165) is 46.3 Å². The minimum atomic E-state index is -1.65. The molecular weight excluding hydrogens is 1100 g/mol. The number of furan rings is 2. The van der Waals surface area contributed by atoms with Crippen LogP contribution in [0.5, 0.6) is 0 Å². The van der Waals surface area contributed by atoms with E-state index in [0.29, 0.717) is 0 Å². The van der Waals surface area contributed by atoms with E-state index in [1.165, 1.54) is 65.7 Å². The van der Waals surface area contributed by atoms with E-state index in [9.17, 15) is 0 Å². The van der Waals surface area contributed by atoms with E-state index < -0.39 is 50.3 Å². The predicted molar refractivity (Wildman–Crippen MR) is 340 cm³/mol. The van der Waals surface area contributed by atoms with Crippen LogP contribution >= 0.6 is 17.0 Å². The number of halogens is 2. The quantitative estimate of drug-likeness (QED) is 0.101. The first kappa shape index (κ1) is 56.4. The summed E-state index contributed by atoms with van der Waals surface area (Å²) in [4.78, 5) is 0. The molecule has 10 aromatic rings. The van der Waals surface area contributed by atoms with E-state index >= 15 is 0 Å². The molecular formula is C64H76Cl2O2Si5Zr-2. The van der Waals surface area contributed by atoms with Gasteiger partial charge in [0, 0.05) is 10.8 Å². The molecule has 384 valence electrons. The fourth-order valence-corrected chi connectivity index (χ4v) is 14.9. The van der Waals surface area contributed by atoms with Crippen LogP contribution in [0.2, 0.25) is 91.7 Å². The Labute approximate surface area is 461 Å². The van der Waals surface area contributed by atoms with Gasteiger partial charge in [-0.15, -0.1) is 57.9 Å². The van der Waals surface area contributed by atoms with E-state index in [2.05, 4.69) is 239 Å². The fourth-order valence-electron chi connectivity index (χ4n) is 9.89. The predicted octanol–water partition coefficient (Wildman–Crippen LogP) is 18.7. The number of benzene rings is 6. The SMILES string of the molecule is CCc1ccc2[cH-]c(-c3occ4ccccc34)cc2c1-c1cc([Si](C)(C)C)cc([Si](C)(C)C)c1.CCc1ccc2[cH-]c(-c3occ4ccccc34)cc2c1-c1cc([Si](C)(C)C)cc([Si](C)(C)C)c1.C[Si](C)=[Zr]([Cl])[Cl]. The summed E-state index contributed by atoms with van der Waals surface area (Å²) in [5, 5.41) is 16.2. The Morgan fingerprint density at radius 3 is 1.07 bits per heavy atom. The van der Waals surface area contributed by atoms with E-state index in [1.807, 2.05) is 12.5 Å². The van der Waals surface area contributed by atoms with Crippen molar-refractivity contribution in [3.8, 4) is 44.9 Å². The van der Waals surface area contributed by atoms with Gasteiger partial charge in [0.15, 0.2) is 0 Å². The molecule has 0 atom stereocenters. The van der Waals surface area contributed by atoms with Crippen molar-refractivity contribution in [1.29, 1.82) is 0 Å². The van der Waals surface area contributed by atoms with Crippen LogP contribution in [0.25, 0.3) is 88.0 Å². The molecule has 0 N–H and O–H groups in total. The van der Waals surface area contributed by atoms with Crippen molar-refractivity contribution in [1.82, 2.24) is 0 Å². The van der Waals surface area contributed by atoms with Crippen LogP contribution < -0.4 is 20.7 Å². The van der Waals surface area contributed by atoms with Gasteiger partial charge in [0.2, 0.25) is 0 Å². The Kier molecular flexibility index (Phi) is 17.0. The molecule has 2 aromatic heterocycles. The molecule has 2 heterocycles. The molecule has 0 saturated carbocycles. The van der Waals surface area contributed by atoms with E-state index in [-0.39, 0.29) is 5.43 Å². The van der Waals surface area contributed by atoms with Gasteiger partial charge in [0.25, 0.3) is 0 Å². The third-order valence-corrected chi connectivity index (χ3v) is 42.4. The molecule has 74 heavy (non-hydrogen) atoms. The summed E-state index contributed by atoms with van der Waals surface area (Å²) in [6.07, 6.45) is 5.79. The minimum absolute atomic E-state index is 0.224. The molecule has 8 aromatic carbocycles. The molecule has 0 saturated heterocycles. The Hall–Kier alpha value is -3.83. The zero-order chi connectivity index (χ0) is 53.7. The average Bonchev–Trinajstić information content (AvgIpc) is 4.17. The van der Waals surface area contributed by atoms with Crippen molar-refractivity contribution in [3.05, 3.63) is 157 Å². The third kappa shape index (κ3) is 12.3. The van der Waals surface area contributed by atoms with Crippen LogP contribution in [0.1, 0.15) is 25.0 Å². The molecule has 0 fully saturated rings. The Bertz CT molecular complexity index is 3380. The van der Waals surface area contributed by atoms with Crippen molar-refractivity contribution in [2.24, 2.45) is 0 Å². The van der Waals surface area contributed by atoms with Crippen LogP contribution in [0, 0.1) is 0 Å². The number of hydrogen-bond acceptors (Lipinski definition) is 2. The van der Waals surface area contributed by atoms with Gasteiger partial charge in [-0.2, -0.15) is 0 Å². The van der Waals surface area contributed by atoms with Gasteiger partial charge in [-0.3, -0.25) is 0 Å². The van der Waals surface area contributed by atoms with Crippen LogP contribution in [-0.2, 0) is 30.8 Å². The van der Waals surface area contributed by atoms with Gasteiger partial charge >= 0.3 is 53.5 Å². The summed E-state index contributed by atoms with van der Waals surface area (Å²) in [7, 11) is 5.38. The first-order valence-electron chi connectivity index (χ1n) is 26.5. The standard InChI is InChI=1S/2C31H35OSi2.C2H6Si.2ClH.Zr/c2*1-8-21-13-14-22-15-25(31-28-12-10-9-11-23(28)20-32-31)18-29(22)30(21)24-16-26(33(2,3)4)19-27(17-24)34(5,6)7;1-3-2;;;/h2*9-20H,8H2,1-7H3;1-2H3;2*1H;/q2*-1;;;;+2/p-2. The zero-order valence-electron chi connectivity index (χ0n) is 46.8. The molecule has 0 aliphatic heterocycles. The van der Waals surface area contributed by atoms with E-state index in [1.54, 1.807) is 20.7 Å². The molecule has 10 heteroatoms. The first-order chi connectivity index (χ1) is 34.8. The number of fused-ring (bicyclic) bond motifs is 4. The second-order valence-electron chi connectivity index (χ2n) is 24.6. The Morgan fingerprint density at radius 2 is 0.770 bits per heavy atom. The van der Waals surface area contributed by atoms with Crippen molar-refractivity contribution >= 4 is 119 Å². The monoisotopic (exact) mass is 1180 g/mol. The molecule has 0 spiro atoms. The van der Waals surface area contributed by atoms with Crippen LogP contribution in [0.15, 0.2) is 155 Å². The Morgan fingerprint density at radius 1 is 0.446 bits per heavy atom. The molecule has 0 amide bonds. The molecule has 2 nitrogen and oxygen atoms in total. The van der Waals surface area contributed by atoms with Crippen LogP contribution in [0.4, 0.5) is 0 Å². The summed E-state index contributed by atoms with van der Waals surface area (Å²) in [5.41, 5.74) is 10.5. The maximum absolute atomic E-state index is 6.07. The maximum atomic E-state index is 6.07. The normalized spacial score (nSPS) is 12.3. The van der Waals surface area contributed by atoms with E-state index in [4.69, 9.17) is 25.9 Å². The van der Waals surface area contributed by atoms with Crippen LogP contribution in [0.3, 0.4) is 0 Å². The molecule has 0 aliphatic carbocycles. The number of hydrogen-bond donors (Lipinski definition) is 0. The molecule has 0 aliphatic rings. The van der Waals surface area contributed by atoms with Gasteiger partial charge in [-0.1, -0.05) is 232 Å². The van der Waals surface area contributed by atoms with Gasteiger partial charge in [0.05, 0.1) is 56.3 Å². The summed E-state index contributed by atoms with van der Waals surface area (Å²) in [6.45, 7) is 38.4. The molecule has 0 unspecified atom stereocenters. The number of aryl methyl sites for hydroxylation is 2. The van der Waals surface area contributed by atoms with Crippen molar-refractivity contribution in [2.75, 3.05) is 0 Å². The van der Waals surface area contributed by atoms with Gasteiger partial charge in [0.1, 0.15) is 0 Å². The summed E-state index contributed by atoms with van der Waals surface area (Å²) in [5.74, 6) is 1.93. The summed E-state index contributed by atoms with van der Waals surface area (Å²) < 4.78 is 12.1. The van der Waals surface area contributed by atoms with Gasteiger partial charge < -0.3 is 8.83 Å². The fraction of sp³-hybridized carbons (Fsp3) is 0.281. The topological polar surface area (TPSA) is 26.3 Å². The van der Waals surface area contributed by atoms with Crippen molar-refractivity contribution < 1.29 is 26.8 Å². The Balaban J connectivity index is 0.000000178. The first-order valence-corrected chi connectivity index (χ1v) is 53.0. The van der Waals surface area contributed by atoms with Crippen molar-refractivity contribution in [2.45, 2.75) is 118 Å². The molecule has 0 radical (unpaired) electrons. The third-order valence-electron chi connectivity index (χ3n) is 14.5. The van der Waals surface area contributed by atoms with Crippen molar-refractivity contribution in [3.63, 3.8) is 0 Å². The zero-order valence-corrected chi connectivity index (χ0v) is 55.8. The van der Waals surface area contributed by atoms with Gasteiger partial charge in [-0.25, -0.2) is 0 Å². The second kappa shape index (κ2) is 22.3. The average molecular weight is 1180 g/mol. The number of rotatable bonds is 10. The van der Waals surface area contributed by atoms with Gasteiger partial charge in [-0.05, 0) is 45.9 Å². The molecule has 0 bridgehead atoms. The summed E-state index contributed by atoms with van der Waals surface area (Å²) in [6, 6.07) is 50.4. The second-order valence-corrected chi connectivity index (χ2v) is 67.9. The van der Waals surface area contributed by atoms with Crippen LogP contribution in [-0.4, -0.2) is 37.7 Å². The summed E-state index contributed by atoms with van der Waals surface area (Å²) >= 11 is -1.65. The molecule has 10 rings (SSSR count).